The van der Waals surface area contributed by atoms with Crippen LogP contribution in [0, 0.1) is 5.41 Å². The molecular formula is C35H46O2. The smallest absolute Gasteiger partial charge is 0.331 e. The number of allylic oxidation sites excluding steroid dienone is 21. The molecular weight excluding hydrogens is 452 g/mol. The maximum absolute atomic E-state index is 10.8. The fourth-order valence-electron chi connectivity index (χ4n) is 3.98. The van der Waals surface area contributed by atoms with Crippen LogP contribution in [0.2, 0.25) is 0 Å². The Balaban J connectivity index is 2.63. The highest BCUT2D eigenvalue weighted by Gasteiger charge is 2.26. The second kappa shape index (κ2) is 16.4. The van der Waals surface area contributed by atoms with Gasteiger partial charge in [-0.05, 0) is 71.8 Å². The molecule has 2 heteroatoms. The summed E-state index contributed by atoms with van der Waals surface area (Å²) in [7, 11) is 0. The minimum absolute atomic E-state index is 0.276. The van der Waals surface area contributed by atoms with E-state index in [1.54, 1.807) is 19.1 Å². The van der Waals surface area contributed by atoms with Crippen molar-refractivity contribution >= 4 is 5.97 Å². The average molecular weight is 499 g/mol. The molecule has 1 aliphatic rings. The molecule has 0 fully saturated rings. The highest BCUT2D eigenvalue weighted by Crippen LogP contribution is 2.40. The van der Waals surface area contributed by atoms with E-state index in [0.29, 0.717) is 5.57 Å². The van der Waals surface area contributed by atoms with Crippen LogP contribution in [0.5, 0.6) is 0 Å². The van der Waals surface area contributed by atoms with Gasteiger partial charge in [0.05, 0.1) is 0 Å². The number of hydrogen-bond donors (Lipinski definition) is 1. The van der Waals surface area contributed by atoms with Gasteiger partial charge >= 0.3 is 5.97 Å². The fraction of sp³-hybridized carbons (Fsp3) is 0.343. The van der Waals surface area contributed by atoms with Crippen LogP contribution >= 0.6 is 0 Å². The number of hydrogen-bond acceptors (Lipinski definition) is 1. The van der Waals surface area contributed by atoms with E-state index in [4.69, 9.17) is 5.11 Å². The molecule has 0 aromatic rings. The predicted octanol–water partition coefficient (Wildman–Crippen LogP) is 10.1. The third-order valence-corrected chi connectivity index (χ3v) is 6.36. The number of carboxylic acids is 1. The first-order valence-electron chi connectivity index (χ1n) is 13.1. The molecule has 0 amide bonds. The lowest BCUT2D eigenvalue weighted by Gasteiger charge is -2.32. The third kappa shape index (κ3) is 13.5. The van der Waals surface area contributed by atoms with Gasteiger partial charge in [0.1, 0.15) is 0 Å². The van der Waals surface area contributed by atoms with E-state index in [2.05, 4.69) is 90.2 Å². The van der Waals surface area contributed by atoms with Crippen molar-refractivity contribution in [3.8, 4) is 0 Å². The first-order chi connectivity index (χ1) is 17.4. The van der Waals surface area contributed by atoms with Crippen LogP contribution in [0.4, 0.5) is 0 Å². The van der Waals surface area contributed by atoms with Crippen LogP contribution in [0.25, 0.3) is 0 Å². The van der Waals surface area contributed by atoms with E-state index in [1.807, 2.05) is 37.3 Å². The Bertz CT molecular complexity index is 1130. The van der Waals surface area contributed by atoms with Gasteiger partial charge in [-0.15, -0.1) is 0 Å². The van der Waals surface area contributed by atoms with Gasteiger partial charge in [-0.25, -0.2) is 4.79 Å². The van der Waals surface area contributed by atoms with Crippen molar-refractivity contribution in [3.05, 3.63) is 130 Å². The van der Waals surface area contributed by atoms with Crippen LogP contribution in [-0.4, -0.2) is 11.1 Å². The first-order valence-corrected chi connectivity index (χ1v) is 13.1. The zero-order chi connectivity index (χ0) is 27.8. The standard InChI is InChI=1S/C35H46O2/c1-27(17-11-19-29(3)21-13-22-32(6)34(36)37)15-9-10-16-28(2)18-12-20-30(4)24-25-33-31(5)23-14-26-35(33,7)8/h9-13,15-22,24-25H,14,23,26H2,1-8H3,(H,36,37). The molecule has 0 spiro atoms. The summed E-state index contributed by atoms with van der Waals surface area (Å²) in [5.41, 5.74) is 8.25. The van der Waals surface area contributed by atoms with Gasteiger partial charge in [0.25, 0.3) is 0 Å². The average Bonchev–Trinajstić information content (AvgIpc) is 2.81. The molecule has 198 valence electrons. The Hall–Kier alpha value is -3.39. The third-order valence-electron chi connectivity index (χ3n) is 6.36. The van der Waals surface area contributed by atoms with Gasteiger partial charge in [0, 0.05) is 5.57 Å². The molecule has 0 aliphatic heterocycles. The molecule has 0 heterocycles. The lowest BCUT2D eigenvalue weighted by molar-refractivity contribution is -0.132. The van der Waals surface area contributed by atoms with E-state index < -0.39 is 5.97 Å². The lowest BCUT2D eigenvalue weighted by atomic mass is 9.72. The zero-order valence-corrected chi connectivity index (χ0v) is 24.1. The number of aliphatic carboxylic acids is 1. The molecule has 0 saturated heterocycles. The number of carbonyl (C=O) groups is 1. The monoisotopic (exact) mass is 498 g/mol. The van der Waals surface area contributed by atoms with Crippen LogP contribution in [0.3, 0.4) is 0 Å². The van der Waals surface area contributed by atoms with E-state index in [9.17, 15) is 4.79 Å². The van der Waals surface area contributed by atoms with E-state index in [1.165, 1.54) is 41.6 Å². The van der Waals surface area contributed by atoms with Crippen molar-refractivity contribution in [2.45, 2.75) is 74.7 Å². The molecule has 0 atom stereocenters. The summed E-state index contributed by atoms with van der Waals surface area (Å²) in [6, 6.07) is 0. The van der Waals surface area contributed by atoms with Gasteiger partial charge in [0.2, 0.25) is 0 Å². The molecule has 0 aromatic carbocycles. The summed E-state index contributed by atoms with van der Waals surface area (Å²) in [5, 5.41) is 8.85. The number of rotatable bonds is 11. The Kier molecular flexibility index (Phi) is 14.0. The Morgan fingerprint density at radius 3 is 1.59 bits per heavy atom. The van der Waals surface area contributed by atoms with Crippen LogP contribution < -0.4 is 0 Å². The Morgan fingerprint density at radius 1 is 0.703 bits per heavy atom. The Labute approximate surface area is 226 Å². The molecule has 37 heavy (non-hydrogen) atoms. The van der Waals surface area contributed by atoms with Gasteiger partial charge in [-0.3, -0.25) is 0 Å². The van der Waals surface area contributed by atoms with Gasteiger partial charge in [0.15, 0.2) is 0 Å². The van der Waals surface area contributed by atoms with Crippen molar-refractivity contribution in [1.29, 1.82) is 0 Å². The SMILES string of the molecule is CC(C=CC=C(C)C=CC=C(C)C(=O)O)=CC=CC=C(C)C=CC=C(C)C=CC1=C(C)CCCC1(C)C. The van der Waals surface area contributed by atoms with E-state index in [-0.39, 0.29) is 5.41 Å². The summed E-state index contributed by atoms with van der Waals surface area (Å²) in [6.07, 6.45) is 34.3. The molecule has 0 radical (unpaired) electrons. The van der Waals surface area contributed by atoms with Crippen LogP contribution in [0.15, 0.2) is 130 Å². The quantitative estimate of drug-likeness (QED) is 0.227. The fourth-order valence-corrected chi connectivity index (χ4v) is 3.98. The van der Waals surface area contributed by atoms with Gasteiger partial charge in [-0.1, -0.05) is 133 Å². The van der Waals surface area contributed by atoms with Gasteiger partial charge < -0.3 is 5.11 Å². The van der Waals surface area contributed by atoms with Crippen molar-refractivity contribution in [3.63, 3.8) is 0 Å². The minimum atomic E-state index is -0.900. The molecule has 0 unspecified atom stereocenters. The molecule has 0 bridgehead atoms. The maximum Gasteiger partial charge on any atom is 0.331 e. The highest BCUT2D eigenvalue weighted by molar-refractivity contribution is 5.86. The normalized spacial score (nSPS) is 19.1. The van der Waals surface area contributed by atoms with E-state index >= 15 is 0 Å². The van der Waals surface area contributed by atoms with Crippen LogP contribution in [-0.2, 0) is 4.79 Å². The second-order valence-electron chi connectivity index (χ2n) is 10.5. The molecule has 1 aliphatic carbocycles. The molecule has 1 N–H and O–H groups in total. The van der Waals surface area contributed by atoms with Crippen LogP contribution in [0.1, 0.15) is 74.7 Å². The summed E-state index contributed by atoms with van der Waals surface area (Å²) in [4.78, 5) is 10.8. The summed E-state index contributed by atoms with van der Waals surface area (Å²) < 4.78 is 0. The molecule has 0 aromatic heterocycles. The Morgan fingerprint density at radius 2 is 1.14 bits per heavy atom. The maximum atomic E-state index is 10.8. The zero-order valence-electron chi connectivity index (χ0n) is 24.1. The summed E-state index contributed by atoms with van der Waals surface area (Å²) in [5.74, 6) is -0.900. The number of carboxylic acid groups (broad SMARTS) is 1. The molecule has 1 rings (SSSR count). The molecule has 0 saturated carbocycles. The molecule has 2 nitrogen and oxygen atoms in total. The summed E-state index contributed by atoms with van der Waals surface area (Å²) >= 11 is 0. The largest absolute Gasteiger partial charge is 0.478 e. The first kappa shape index (κ1) is 31.6. The van der Waals surface area contributed by atoms with Gasteiger partial charge in [-0.2, -0.15) is 0 Å². The highest BCUT2D eigenvalue weighted by atomic mass is 16.4. The van der Waals surface area contributed by atoms with Crippen molar-refractivity contribution < 1.29 is 9.90 Å². The van der Waals surface area contributed by atoms with Crippen molar-refractivity contribution in [2.24, 2.45) is 5.41 Å². The predicted molar refractivity (Wildman–Crippen MR) is 162 cm³/mol. The second-order valence-corrected chi connectivity index (χ2v) is 10.5. The van der Waals surface area contributed by atoms with Crippen molar-refractivity contribution in [1.82, 2.24) is 0 Å². The topological polar surface area (TPSA) is 37.3 Å². The van der Waals surface area contributed by atoms with Crippen molar-refractivity contribution in [2.75, 3.05) is 0 Å². The lowest BCUT2D eigenvalue weighted by Crippen LogP contribution is -2.19. The summed E-state index contributed by atoms with van der Waals surface area (Å²) in [6.45, 7) is 16.9. The minimum Gasteiger partial charge on any atom is -0.478 e. The van der Waals surface area contributed by atoms with E-state index in [0.717, 1.165) is 11.1 Å².